The van der Waals surface area contributed by atoms with E-state index in [4.69, 9.17) is 42.1 Å². The van der Waals surface area contributed by atoms with E-state index < -0.39 is 49.2 Å². The average molecular weight is 328 g/mol. The zero-order chi connectivity index (χ0) is 18.3. The highest BCUT2D eigenvalue weighted by Gasteiger charge is 2.07. The maximum absolute atomic E-state index is 9.65. The Morgan fingerprint density at radius 2 is 0.909 bits per heavy atom. The van der Waals surface area contributed by atoms with E-state index in [2.05, 4.69) is 0 Å². The largest absolute Gasteiger partial charge is 0.481 e. The monoisotopic (exact) mass is 328 g/mol. The van der Waals surface area contributed by atoms with E-state index in [1.807, 2.05) is 0 Å². The van der Waals surface area contributed by atoms with Crippen LogP contribution in [-0.4, -0.2) is 79.8 Å². The molecule has 0 aromatic heterocycles. The van der Waals surface area contributed by atoms with Gasteiger partial charge in [0.25, 0.3) is 0 Å². The van der Waals surface area contributed by atoms with Gasteiger partial charge in [-0.3, -0.25) is 19.2 Å². The van der Waals surface area contributed by atoms with Crippen LogP contribution in [0.3, 0.4) is 0 Å². The van der Waals surface area contributed by atoms with Gasteiger partial charge >= 0.3 is 23.9 Å². The second-order valence-corrected chi connectivity index (χ2v) is 3.54. The lowest BCUT2D eigenvalue weighted by molar-refractivity contribution is -0.143. The van der Waals surface area contributed by atoms with Crippen LogP contribution in [0, 0.1) is 0 Å². The van der Waals surface area contributed by atoms with Crippen molar-refractivity contribution in [2.75, 3.05) is 13.2 Å². The second-order valence-electron chi connectivity index (χ2n) is 3.54. The molecule has 0 amide bonds. The fourth-order valence-corrected chi connectivity index (χ4v) is 0.370. The summed E-state index contributed by atoms with van der Waals surface area (Å²) in [6.07, 6.45) is -0.593. The number of hydrogen-bond acceptors (Lipinski definition) is 8. The van der Waals surface area contributed by atoms with Gasteiger partial charge in [0.15, 0.2) is 0 Å². The number of nitrogens with two attached hydrogens (primary N) is 2. The summed E-state index contributed by atoms with van der Waals surface area (Å²) in [4.78, 5) is 38.6. The molecule has 0 bridgehead atoms. The molecule has 0 saturated heterocycles. The van der Waals surface area contributed by atoms with Gasteiger partial charge in [-0.1, -0.05) is 0 Å². The Labute approximate surface area is 124 Å². The van der Waals surface area contributed by atoms with E-state index in [1.165, 1.54) is 0 Å². The molecule has 0 heterocycles. The summed E-state index contributed by atoms with van der Waals surface area (Å²) in [5.41, 5.74) is 9.53. The van der Waals surface area contributed by atoms with E-state index >= 15 is 0 Å². The molecule has 0 aliphatic rings. The van der Waals surface area contributed by atoms with Gasteiger partial charge in [-0.05, 0) is 0 Å². The van der Waals surface area contributed by atoms with E-state index in [0.29, 0.717) is 0 Å². The molecule has 0 rings (SSSR count). The van der Waals surface area contributed by atoms with Crippen molar-refractivity contribution in [3.63, 3.8) is 0 Å². The lowest BCUT2D eigenvalue weighted by atomic mass is 10.3. The molecule has 0 aliphatic carbocycles. The molecular weight excluding hydrogens is 308 g/mol. The summed E-state index contributed by atoms with van der Waals surface area (Å²) in [7, 11) is 0. The lowest BCUT2D eigenvalue weighted by Gasteiger charge is -1.96. The molecule has 0 fully saturated rings. The van der Waals surface area contributed by atoms with Crippen molar-refractivity contribution in [1.29, 1.82) is 0 Å². The number of rotatable bonds is 7. The van der Waals surface area contributed by atoms with Crippen LogP contribution in [0.4, 0.5) is 0 Å². The fourth-order valence-electron chi connectivity index (χ4n) is 0.370. The van der Waals surface area contributed by atoms with Crippen molar-refractivity contribution >= 4 is 23.9 Å². The molecule has 0 spiro atoms. The Morgan fingerprint density at radius 3 is 0.955 bits per heavy atom. The third kappa shape index (κ3) is 22.9. The van der Waals surface area contributed by atoms with Gasteiger partial charge in [0.05, 0.1) is 26.1 Å². The van der Waals surface area contributed by atoms with Gasteiger partial charge in [0.1, 0.15) is 12.1 Å². The van der Waals surface area contributed by atoms with Crippen molar-refractivity contribution in [1.82, 2.24) is 0 Å². The minimum absolute atomic E-state index is 0.296. The van der Waals surface area contributed by atoms with Crippen LogP contribution < -0.4 is 11.5 Å². The SMILES string of the molecule is N[C@@H](CO)C(=O)O.N[C@@H](CO)C(=O)O.O=C(O)CCC(=O)O. The van der Waals surface area contributed by atoms with Gasteiger partial charge in [-0.25, -0.2) is 0 Å². The van der Waals surface area contributed by atoms with Crippen LogP contribution in [0.1, 0.15) is 12.8 Å². The topological polar surface area (TPSA) is 242 Å². The summed E-state index contributed by atoms with van der Waals surface area (Å²) in [6.45, 7) is -1.01. The van der Waals surface area contributed by atoms with Crippen LogP contribution in [0.2, 0.25) is 0 Å². The van der Waals surface area contributed by atoms with Crippen LogP contribution in [0.25, 0.3) is 0 Å². The Kier molecular flexibility index (Phi) is 17.0. The van der Waals surface area contributed by atoms with Crippen molar-refractivity contribution in [2.24, 2.45) is 11.5 Å². The normalized spacial score (nSPS) is 11.6. The maximum Gasteiger partial charge on any atom is 0.322 e. The summed E-state index contributed by atoms with van der Waals surface area (Å²) < 4.78 is 0. The van der Waals surface area contributed by atoms with Crippen molar-refractivity contribution in [2.45, 2.75) is 24.9 Å². The first-order valence-electron chi connectivity index (χ1n) is 5.61. The Morgan fingerprint density at radius 1 is 0.682 bits per heavy atom. The number of aliphatic carboxylic acids is 4. The summed E-state index contributed by atoms with van der Waals surface area (Å²) in [5.74, 6) is -4.51. The Balaban J connectivity index is -0.000000247. The number of hydrogen-bond donors (Lipinski definition) is 8. The molecule has 0 saturated carbocycles. The zero-order valence-corrected chi connectivity index (χ0v) is 11.5. The first-order chi connectivity index (χ1) is 9.99. The van der Waals surface area contributed by atoms with E-state index in [1.54, 1.807) is 0 Å². The summed E-state index contributed by atoms with van der Waals surface area (Å²) in [5, 5.41) is 47.6. The van der Waals surface area contributed by atoms with Crippen LogP contribution >= 0.6 is 0 Å². The number of carbonyl (C=O) groups is 4. The van der Waals surface area contributed by atoms with Gasteiger partial charge in [-0.2, -0.15) is 0 Å². The van der Waals surface area contributed by atoms with E-state index in [0.717, 1.165) is 0 Å². The Bertz CT molecular complexity index is 326. The molecular formula is C10H20N2O10. The van der Waals surface area contributed by atoms with E-state index in [-0.39, 0.29) is 12.8 Å². The molecule has 130 valence electrons. The summed E-state index contributed by atoms with van der Waals surface area (Å²) >= 11 is 0. The molecule has 0 aromatic carbocycles. The van der Waals surface area contributed by atoms with Gasteiger partial charge in [-0.15, -0.1) is 0 Å². The molecule has 2 atom stereocenters. The van der Waals surface area contributed by atoms with Crippen molar-refractivity contribution in [3.8, 4) is 0 Å². The predicted molar refractivity (Wildman–Crippen MR) is 69.9 cm³/mol. The molecule has 12 nitrogen and oxygen atoms in total. The second kappa shape index (κ2) is 15.1. The first-order valence-corrected chi connectivity index (χ1v) is 5.61. The average Bonchev–Trinajstić information content (AvgIpc) is 2.44. The minimum Gasteiger partial charge on any atom is -0.481 e. The van der Waals surface area contributed by atoms with Gasteiger partial charge in [0.2, 0.25) is 0 Å². The molecule has 0 aliphatic heterocycles. The van der Waals surface area contributed by atoms with Crippen molar-refractivity contribution in [3.05, 3.63) is 0 Å². The number of aliphatic hydroxyl groups excluding tert-OH is 2. The molecule has 0 radical (unpaired) electrons. The van der Waals surface area contributed by atoms with Crippen LogP contribution in [0.15, 0.2) is 0 Å². The summed E-state index contributed by atoms with van der Waals surface area (Å²) in [6, 6.07) is -2.25. The number of carboxylic acids is 4. The van der Waals surface area contributed by atoms with Crippen molar-refractivity contribution < 1.29 is 49.8 Å². The molecule has 0 unspecified atom stereocenters. The molecule has 22 heavy (non-hydrogen) atoms. The first kappa shape index (κ1) is 24.7. The lowest BCUT2D eigenvalue weighted by Crippen LogP contribution is -2.33. The zero-order valence-electron chi connectivity index (χ0n) is 11.5. The van der Waals surface area contributed by atoms with Gasteiger partial charge < -0.3 is 42.1 Å². The van der Waals surface area contributed by atoms with Crippen LogP contribution in [-0.2, 0) is 19.2 Å². The molecule has 12 heteroatoms. The third-order valence-corrected chi connectivity index (χ3v) is 1.58. The molecule has 10 N–H and O–H groups in total. The van der Waals surface area contributed by atoms with Crippen LogP contribution in [0.5, 0.6) is 0 Å². The fraction of sp³-hybridized carbons (Fsp3) is 0.600. The highest BCUT2D eigenvalue weighted by Crippen LogP contribution is 1.86. The predicted octanol–water partition coefficient (Wildman–Crippen LogP) is -3.28. The standard InChI is InChI=1S/C4H6O4.2C3H7NO3/c5-3(6)1-2-4(7)8;2*4-2(1-5)3(6)7/h1-2H2,(H,5,6)(H,7,8);2*2,5H,1,4H2,(H,6,7)/t;2*2-/m.00/s1. The van der Waals surface area contributed by atoms with Gasteiger partial charge in [0, 0.05) is 0 Å². The number of aliphatic hydroxyl groups is 2. The number of carboxylic acid groups (broad SMARTS) is 4. The highest BCUT2D eigenvalue weighted by atomic mass is 16.4. The highest BCUT2D eigenvalue weighted by molar-refractivity contribution is 5.75. The Hall–Kier alpha value is -2.28. The van der Waals surface area contributed by atoms with E-state index in [9.17, 15) is 19.2 Å². The third-order valence-electron chi connectivity index (χ3n) is 1.58. The minimum atomic E-state index is -1.18. The smallest absolute Gasteiger partial charge is 0.322 e. The molecule has 0 aromatic rings. The quantitative estimate of drug-likeness (QED) is 0.229. The maximum atomic E-state index is 9.65.